The Balaban J connectivity index is 2.73. The number of rotatable bonds is 4. The standard InChI is InChI=1S/C13H18N4O/c1-13(2,3)12(18)11(14)8-9-4-6-10(7-5-9)16-17-15/h4-7,11H,8,14H2,1-3H3. The van der Waals surface area contributed by atoms with Crippen molar-refractivity contribution in [3.63, 3.8) is 0 Å². The normalized spacial score (nSPS) is 12.7. The highest BCUT2D eigenvalue weighted by Crippen LogP contribution is 2.19. The molecular formula is C13H18N4O. The second-order valence-electron chi connectivity index (χ2n) is 5.28. The molecule has 2 N–H and O–H groups in total. The summed E-state index contributed by atoms with van der Waals surface area (Å²) in [5.41, 5.74) is 15.3. The Morgan fingerprint density at radius 2 is 1.94 bits per heavy atom. The third-order valence-corrected chi connectivity index (χ3v) is 2.63. The predicted molar refractivity (Wildman–Crippen MR) is 71.4 cm³/mol. The Morgan fingerprint density at radius 1 is 1.39 bits per heavy atom. The van der Waals surface area contributed by atoms with Gasteiger partial charge in [0.05, 0.1) is 6.04 Å². The quantitative estimate of drug-likeness (QED) is 0.502. The first-order valence-corrected chi connectivity index (χ1v) is 5.78. The summed E-state index contributed by atoms with van der Waals surface area (Å²) in [6.07, 6.45) is 0.493. The van der Waals surface area contributed by atoms with Gasteiger partial charge >= 0.3 is 0 Å². The van der Waals surface area contributed by atoms with Gasteiger partial charge < -0.3 is 5.73 Å². The largest absolute Gasteiger partial charge is 0.321 e. The summed E-state index contributed by atoms with van der Waals surface area (Å²) >= 11 is 0. The Kier molecular flexibility index (Phi) is 4.48. The van der Waals surface area contributed by atoms with Crippen LogP contribution in [0.2, 0.25) is 0 Å². The molecular weight excluding hydrogens is 228 g/mol. The maximum Gasteiger partial charge on any atom is 0.155 e. The van der Waals surface area contributed by atoms with Crippen molar-refractivity contribution >= 4 is 11.5 Å². The molecule has 1 aromatic rings. The van der Waals surface area contributed by atoms with Crippen LogP contribution in [0, 0.1) is 5.41 Å². The molecule has 18 heavy (non-hydrogen) atoms. The van der Waals surface area contributed by atoms with E-state index in [9.17, 15) is 4.79 Å². The van der Waals surface area contributed by atoms with Gasteiger partial charge in [-0.15, -0.1) is 0 Å². The number of hydrogen-bond acceptors (Lipinski definition) is 3. The van der Waals surface area contributed by atoms with E-state index in [0.29, 0.717) is 12.1 Å². The number of carbonyl (C=O) groups excluding carboxylic acids is 1. The van der Waals surface area contributed by atoms with Crippen molar-refractivity contribution in [2.75, 3.05) is 0 Å². The van der Waals surface area contributed by atoms with Crippen LogP contribution in [-0.2, 0) is 11.2 Å². The lowest BCUT2D eigenvalue weighted by atomic mass is 9.85. The highest BCUT2D eigenvalue weighted by atomic mass is 16.1. The van der Waals surface area contributed by atoms with Crippen molar-refractivity contribution < 1.29 is 4.79 Å². The van der Waals surface area contributed by atoms with Crippen LogP contribution >= 0.6 is 0 Å². The third-order valence-electron chi connectivity index (χ3n) is 2.63. The molecule has 0 saturated heterocycles. The van der Waals surface area contributed by atoms with Crippen molar-refractivity contribution in [1.29, 1.82) is 0 Å². The average molecular weight is 246 g/mol. The Hall–Kier alpha value is -1.84. The zero-order valence-electron chi connectivity index (χ0n) is 10.9. The molecule has 5 nitrogen and oxygen atoms in total. The van der Waals surface area contributed by atoms with Gasteiger partial charge in [-0.05, 0) is 17.5 Å². The van der Waals surface area contributed by atoms with Gasteiger partial charge in [-0.2, -0.15) is 0 Å². The van der Waals surface area contributed by atoms with E-state index in [1.807, 2.05) is 32.9 Å². The van der Waals surface area contributed by atoms with Gasteiger partial charge in [0.1, 0.15) is 0 Å². The highest BCUT2D eigenvalue weighted by molar-refractivity contribution is 5.88. The maximum absolute atomic E-state index is 11.9. The summed E-state index contributed by atoms with van der Waals surface area (Å²) < 4.78 is 0. The van der Waals surface area contributed by atoms with E-state index in [1.54, 1.807) is 12.1 Å². The molecule has 1 unspecified atom stereocenters. The van der Waals surface area contributed by atoms with Crippen molar-refractivity contribution in [2.24, 2.45) is 16.3 Å². The molecule has 96 valence electrons. The number of hydrogen-bond donors (Lipinski definition) is 1. The topological polar surface area (TPSA) is 91.9 Å². The number of carbonyl (C=O) groups is 1. The van der Waals surface area contributed by atoms with Crippen LogP contribution in [0.3, 0.4) is 0 Å². The molecule has 0 aliphatic carbocycles. The van der Waals surface area contributed by atoms with Crippen molar-refractivity contribution in [3.8, 4) is 0 Å². The van der Waals surface area contributed by atoms with Crippen molar-refractivity contribution in [2.45, 2.75) is 33.2 Å². The summed E-state index contributed by atoms with van der Waals surface area (Å²) in [5, 5.41) is 3.48. The second-order valence-corrected chi connectivity index (χ2v) is 5.28. The van der Waals surface area contributed by atoms with E-state index >= 15 is 0 Å². The van der Waals surface area contributed by atoms with Crippen LogP contribution in [0.15, 0.2) is 29.4 Å². The fraction of sp³-hybridized carbons (Fsp3) is 0.462. The van der Waals surface area contributed by atoms with Crippen LogP contribution < -0.4 is 5.73 Å². The molecule has 0 aliphatic rings. The molecule has 0 heterocycles. The van der Waals surface area contributed by atoms with E-state index in [0.717, 1.165) is 5.56 Å². The minimum Gasteiger partial charge on any atom is -0.321 e. The third kappa shape index (κ3) is 3.87. The Labute approximate surface area is 107 Å². The van der Waals surface area contributed by atoms with E-state index in [-0.39, 0.29) is 5.78 Å². The molecule has 0 bridgehead atoms. The number of nitrogens with two attached hydrogens (primary N) is 1. The molecule has 0 spiro atoms. The first-order chi connectivity index (χ1) is 8.34. The summed E-state index contributed by atoms with van der Waals surface area (Å²) in [6.45, 7) is 5.58. The lowest BCUT2D eigenvalue weighted by Gasteiger charge is -2.21. The molecule has 1 rings (SSSR count). The number of nitrogens with zero attached hydrogens (tertiary/aromatic N) is 3. The Bertz CT molecular complexity index is 467. The van der Waals surface area contributed by atoms with Crippen molar-refractivity contribution in [1.82, 2.24) is 0 Å². The molecule has 0 radical (unpaired) electrons. The van der Waals surface area contributed by atoms with Crippen LogP contribution in [0.1, 0.15) is 26.3 Å². The van der Waals surface area contributed by atoms with E-state index < -0.39 is 11.5 Å². The van der Waals surface area contributed by atoms with Gasteiger partial charge in [0, 0.05) is 16.0 Å². The van der Waals surface area contributed by atoms with Gasteiger partial charge in [-0.25, -0.2) is 0 Å². The fourth-order valence-corrected chi connectivity index (χ4v) is 1.65. The molecule has 0 saturated carbocycles. The van der Waals surface area contributed by atoms with E-state index in [1.165, 1.54) is 0 Å². The molecule has 1 aromatic carbocycles. The molecule has 0 fully saturated rings. The van der Waals surface area contributed by atoms with Crippen LogP contribution in [-0.4, -0.2) is 11.8 Å². The zero-order valence-corrected chi connectivity index (χ0v) is 10.9. The summed E-state index contributed by atoms with van der Waals surface area (Å²) in [6, 6.07) is 6.56. The van der Waals surface area contributed by atoms with Gasteiger partial charge in [0.25, 0.3) is 0 Å². The first kappa shape index (κ1) is 14.2. The predicted octanol–water partition coefficient (Wildman–Crippen LogP) is 3.11. The van der Waals surface area contributed by atoms with Gasteiger partial charge in [0.15, 0.2) is 5.78 Å². The zero-order chi connectivity index (χ0) is 13.8. The number of Topliss-reactive ketones (excluding diaryl/α,β-unsaturated/α-hetero) is 1. The second kappa shape index (κ2) is 5.67. The molecule has 0 aliphatic heterocycles. The van der Waals surface area contributed by atoms with E-state index in [2.05, 4.69) is 10.0 Å². The Morgan fingerprint density at radius 3 is 2.39 bits per heavy atom. The smallest absolute Gasteiger partial charge is 0.155 e. The molecule has 0 aromatic heterocycles. The van der Waals surface area contributed by atoms with Crippen molar-refractivity contribution in [3.05, 3.63) is 40.3 Å². The van der Waals surface area contributed by atoms with Gasteiger partial charge in [-0.3, -0.25) is 4.79 Å². The van der Waals surface area contributed by atoms with Gasteiger partial charge in [0.2, 0.25) is 0 Å². The monoisotopic (exact) mass is 246 g/mol. The van der Waals surface area contributed by atoms with E-state index in [4.69, 9.17) is 11.3 Å². The fourth-order valence-electron chi connectivity index (χ4n) is 1.65. The molecule has 1 atom stereocenters. The number of ketones is 1. The molecule has 0 amide bonds. The SMILES string of the molecule is CC(C)(C)C(=O)C(N)Cc1ccc(N=[N+]=[N-])cc1. The average Bonchev–Trinajstić information content (AvgIpc) is 2.30. The highest BCUT2D eigenvalue weighted by Gasteiger charge is 2.26. The minimum absolute atomic E-state index is 0.0432. The minimum atomic E-state index is -0.504. The van der Waals surface area contributed by atoms with Crippen LogP contribution in [0.4, 0.5) is 5.69 Å². The first-order valence-electron chi connectivity index (χ1n) is 5.78. The lowest BCUT2D eigenvalue weighted by Crippen LogP contribution is -2.40. The van der Waals surface area contributed by atoms with Gasteiger partial charge in [-0.1, -0.05) is 50.2 Å². The summed E-state index contributed by atoms with van der Waals surface area (Å²) in [5.74, 6) is 0.0432. The van der Waals surface area contributed by atoms with Crippen LogP contribution in [0.25, 0.3) is 10.4 Å². The number of benzene rings is 1. The summed E-state index contributed by atoms with van der Waals surface area (Å²) in [7, 11) is 0. The lowest BCUT2D eigenvalue weighted by molar-refractivity contribution is -0.127. The van der Waals surface area contributed by atoms with Crippen LogP contribution in [0.5, 0.6) is 0 Å². The summed E-state index contributed by atoms with van der Waals surface area (Å²) in [4.78, 5) is 14.7. The maximum atomic E-state index is 11.9. The molecule has 5 heteroatoms. The number of azide groups is 1.